The molecule has 0 aliphatic carbocycles. The summed E-state index contributed by atoms with van der Waals surface area (Å²) >= 11 is 0. The standard InChI is InChI=1S/C42H75N4O10P/c1-46(2,3)29-31-56-57(53,54)55-30-19-17-15-13-11-9-7-5-4-6-8-10-12-14-16-18-20-37-21-23-38(24-22-37)32-39-33-44(35-41(49)50)26-25-43(34-40(47)48)27-28-45(39)36-42(51)52/h21-24,39H,4-20,25-36H2,1-3H3,(H3-,47,48,49,50,51,52,53,54). The second-order valence-corrected chi connectivity index (χ2v) is 18.3. The summed E-state index contributed by atoms with van der Waals surface area (Å²) in [4.78, 5) is 52.0. The second-order valence-electron chi connectivity index (χ2n) is 16.9. The number of rotatable bonds is 32. The minimum atomic E-state index is -4.19. The number of carboxylic acids is 3. The van der Waals surface area contributed by atoms with Crippen molar-refractivity contribution in [2.24, 2.45) is 0 Å². The molecule has 0 bridgehead atoms. The molecule has 3 N–H and O–H groups in total. The minimum Gasteiger partial charge on any atom is -0.756 e. The topological polar surface area (TPSA) is 180 Å². The number of benzene rings is 1. The van der Waals surface area contributed by atoms with Gasteiger partial charge in [0.15, 0.2) is 0 Å². The molecule has 1 saturated heterocycles. The number of carboxylic acid groups (broad SMARTS) is 3. The molecule has 0 spiro atoms. The molecule has 0 radical (unpaired) electrons. The number of aryl methyl sites for hydroxylation is 1. The van der Waals surface area contributed by atoms with E-state index in [4.69, 9.17) is 9.05 Å². The third kappa shape index (κ3) is 27.1. The minimum absolute atomic E-state index is 0.138. The third-order valence-corrected chi connectivity index (χ3v) is 11.6. The van der Waals surface area contributed by atoms with Crippen LogP contribution in [0.3, 0.4) is 0 Å². The van der Waals surface area contributed by atoms with Crippen LogP contribution < -0.4 is 4.89 Å². The Labute approximate surface area is 342 Å². The van der Waals surface area contributed by atoms with Gasteiger partial charge in [-0.05, 0) is 36.8 Å². The zero-order valence-electron chi connectivity index (χ0n) is 35.3. The summed E-state index contributed by atoms with van der Waals surface area (Å²) < 4.78 is 22.4. The van der Waals surface area contributed by atoms with Crippen molar-refractivity contribution in [3.05, 3.63) is 35.4 Å². The van der Waals surface area contributed by atoms with Gasteiger partial charge in [-0.25, -0.2) is 0 Å². The Morgan fingerprint density at radius 1 is 0.632 bits per heavy atom. The van der Waals surface area contributed by atoms with E-state index in [0.29, 0.717) is 50.2 Å². The molecule has 14 nitrogen and oxygen atoms in total. The Morgan fingerprint density at radius 3 is 1.56 bits per heavy atom. The number of phosphoric ester groups is 1. The van der Waals surface area contributed by atoms with E-state index < -0.39 is 25.7 Å². The summed E-state index contributed by atoms with van der Waals surface area (Å²) in [5.74, 6) is -2.90. The van der Waals surface area contributed by atoms with Crippen molar-refractivity contribution < 1.29 is 52.7 Å². The van der Waals surface area contributed by atoms with Crippen LogP contribution in [0.2, 0.25) is 0 Å². The van der Waals surface area contributed by atoms with Gasteiger partial charge in [-0.3, -0.25) is 33.6 Å². The zero-order chi connectivity index (χ0) is 41.9. The fourth-order valence-corrected chi connectivity index (χ4v) is 8.00. The number of nitrogens with zero attached hydrogens (tertiary/aromatic N) is 4. The molecule has 2 rings (SSSR count). The first-order valence-electron chi connectivity index (χ1n) is 21.4. The molecule has 15 heteroatoms. The first-order chi connectivity index (χ1) is 27.1. The number of quaternary nitrogens is 1. The van der Waals surface area contributed by atoms with E-state index in [-0.39, 0.29) is 38.9 Å². The maximum absolute atomic E-state index is 11.8. The van der Waals surface area contributed by atoms with Crippen LogP contribution in [0.1, 0.15) is 114 Å². The molecule has 1 heterocycles. The van der Waals surface area contributed by atoms with Gasteiger partial charge in [0.25, 0.3) is 7.82 Å². The summed E-state index contributed by atoms with van der Waals surface area (Å²) in [5.41, 5.74) is 2.35. The van der Waals surface area contributed by atoms with Gasteiger partial charge in [-0.2, -0.15) is 0 Å². The van der Waals surface area contributed by atoms with E-state index in [2.05, 4.69) is 24.3 Å². The molecule has 0 aromatic heterocycles. The number of unbranched alkanes of at least 4 members (excludes halogenated alkanes) is 15. The molecule has 1 aliphatic rings. The quantitative estimate of drug-likeness (QED) is 0.0454. The first-order valence-corrected chi connectivity index (χ1v) is 22.9. The SMILES string of the molecule is C[N+](C)(C)CCOP(=O)([O-])OCCCCCCCCCCCCCCCCCCc1ccc(CC2CN(CC(=O)O)CCN(CC(=O)O)CCN2CC(=O)O)cc1. The van der Waals surface area contributed by atoms with Gasteiger partial charge in [0.1, 0.15) is 13.2 Å². The van der Waals surface area contributed by atoms with Crippen LogP contribution in [-0.2, 0) is 40.8 Å². The van der Waals surface area contributed by atoms with E-state index >= 15 is 0 Å². The summed E-state index contributed by atoms with van der Waals surface area (Å²) in [5, 5.41) is 28.5. The van der Waals surface area contributed by atoms with E-state index in [1.54, 1.807) is 9.80 Å². The highest BCUT2D eigenvalue weighted by atomic mass is 31.2. The summed E-state index contributed by atoms with van der Waals surface area (Å²) in [6, 6.07) is 8.27. The number of likely N-dealkylation sites (N-methyl/N-ethyl adjacent to an activating group) is 1. The van der Waals surface area contributed by atoms with Gasteiger partial charge < -0.3 is 33.7 Å². The van der Waals surface area contributed by atoms with E-state index in [1.165, 1.54) is 82.6 Å². The van der Waals surface area contributed by atoms with E-state index in [0.717, 1.165) is 37.7 Å². The third-order valence-electron chi connectivity index (χ3n) is 10.6. The fraction of sp³-hybridized carbons (Fsp3) is 0.786. The van der Waals surface area contributed by atoms with Crippen LogP contribution in [0.4, 0.5) is 0 Å². The molecule has 57 heavy (non-hydrogen) atoms. The summed E-state index contributed by atoms with van der Waals surface area (Å²) in [7, 11) is 1.76. The molecule has 0 saturated carbocycles. The van der Waals surface area contributed by atoms with E-state index in [9.17, 15) is 39.2 Å². The maximum atomic E-state index is 11.8. The lowest BCUT2D eigenvalue weighted by atomic mass is 9.99. The summed E-state index contributed by atoms with van der Waals surface area (Å²) in [6.45, 7) is 2.35. The van der Waals surface area contributed by atoms with Crippen molar-refractivity contribution >= 4 is 25.7 Å². The average Bonchev–Trinajstić information content (AvgIpc) is 3.18. The number of aliphatic carboxylic acids is 3. The smallest absolute Gasteiger partial charge is 0.317 e. The lowest BCUT2D eigenvalue weighted by molar-refractivity contribution is -0.870. The van der Waals surface area contributed by atoms with Crippen molar-refractivity contribution in [3.8, 4) is 0 Å². The van der Waals surface area contributed by atoms with Crippen LogP contribution in [0.25, 0.3) is 0 Å². The molecule has 1 aliphatic heterocycles. The predicted octanol–water partition coefficient (Wildman–Crippen LogP) is 5.76. The molecule has 2 atom stereocenters. The Morgan fingerprint density at radius 2 is 1.05 bits per heavy atom. The molecule has 0 amide bonds. The van der Waals surface area contributed by atoms with Gasteiger partial charge in [-0.15, -0.1) is 0 Å². The highest BCUT2D eigenvalue weighted by Crippen LogP contribution is 2.38. The van der Waals surface area contributed by atoms with Crippen molar-refractivity contribution in [1.82, 2.24) is 14.7 Å². The number of phosphoric acid groups is 1. The normalized spacial score (nSPS) is 17.4. The van der Waals surface area contributed by atoms with Gasteiger partial charge >= 0.3 is 17.9 Å². The first kappa shape index (κ1) is 50.7. The fourth-order valence-electron chi connectivity index (χ4n) is 7.27. The van der Waals surface area contributed by atoms with Crippen LogP contribution >= 0.6 is 7.82 Å². The van der Waals surface area contributed by atoms with E-state index in [1.807, 2.05) is 26.0 Å². The number of carbonyl (C=O) groups is 3. The van der Waals surface area contributed by atoms with Gasteiger partial charge in [0.05, 0.1) is 47.4 Å². The van der Waals surface area contributed by atoms with Gasteiger partial charge in [0.2, 0.25) is 0 Å². The Balaban J connectivity index is 1.54. The molecular weight excluding hydrogens is 751 g/mol. The summed E-state index contributed by atoms with van der Waals surface area (Å²) in [6.07, 6.45) is 20.8. The van der Waals surface area contributed by atoms with Gasteiger partial charge in [0, 0.05) is 38.8 Å². The molecular formula is C42H75N4O10P. The van der Waals surface area contributed by atoms with Crippen LogP contribution in [-0.4, -0.2) is 152 Å². The average molecular weight is 827 g/mol. The molecule has 328 valence electrons. The lowest BCUT2D eigenvalue weighted by Crippen LogP contribution is -2.49. The molecule has 1 aromatic carbocycles. The van der Waals surface area contributed by atoms with Crippen molar-refractivity contribution in [1.29, 1.82) is 0 Å². The predicted molar refractivity (Wildman–Crippen MR) is 221 cm³/mol. The number of hydrogen-bond acceptors (Lipinski definition) is 10. The monoisotopic (exact) mass is 827 g/mol. The van der Waals surface area contributed by atoms with Gasteiger partial charge in [-0.1, -0.05) is 114 Å². The van der Waals surface area contributed by atoms with Crippen LogP contribution in [0.5, 0.6) is 0 Å². The lowest BCUT2D eigenvalue weighted by Gasteiger charge is -2.33. The van der Waals surface area contributed by atoms with Crippen molar-refractivity contribution in [3.63, 3.8) is 0 Å². The molecule has 2 unspecified atom stereocenters. The zero-order valence-corrected chi connectivity index (χ0v) is 36.2. The van der Waals surface area contributed by atoms with Crippen LogP contribution in [0.15, 0.2) is 24.3 Å². The van der Waals surface area contributed by atoms with Crippen molar-refractivity contribution in [2.75, 3.05) is 93.3 Å². The molecule has 1 aromatic rings. The Kier molecular flexibility index (Phi) is 25.7. The van der Waals surface area contributed by atoms with Crippen LogP contribution in [0, 0.1) is 0 Å². The Bertz CT molecular complexity index is 1310. The highest BCUT2D eigenvalue weighted by Gasteiger charge is 2.28. The number of hydrogen-bond donors (Lipinski definition) is 3. The Hall–Kier alpha value is -2.42. The maximum Gasteiger partial charge on any atom is 0.317 e. The largest absolute Gasteiger partial charge is 0.756 e. The second kappa shape index (κ2) is 28.9. The highest BCUT2D eigenvalue weighted by molar-refractivity contribution is 7.45. The molecule has 1 fully saturated rings. The van der Waals surface area contributed by atoms with Crippen molar-refractivity contribution in [2.45, 2.75) is 122 Å².